The minimum absolute atomic E-state index is 0.117. The van der Waals surface area contributed by atoms with E-state index in [1.807, 2.05) is 13.8 Å². The van der Waals surface area contributed by atoms with Crippen LogP contribution in [0.15, 0.2) is 0 Å². The zero-order valence-electron chi connectivity index (χ0n) is 8.36. The molecule has 0 aliphatic carbocycles. The Bertz CT molecular complexity index is 170. The third kappa shape index (κ3) is 9.83. The van der Waals surface area contributed by atoms with Gasteiger partial charge in [-0.3, -0.25) is 0 Å². The molecule has 1 radical (unpaired) electrons. The molecule has 3 nitrogen and oxygen atoms in total. The SMILES string of the molecule is C[CH]CCCOCC(C)C[SH](=O)=O. The lowest BCUT2D eigenvalue weighted by Crippen LogP contribution is -2.11. The maximum absolute atomic E-state index is 10.3. The van der Waals surface area contributed by atoms with Gasteiger partial charge in [0.25, 0.3) is 0 Å². The standard InChI is InChI=1S/C9H19O3S/c1-3-4-5-6-12-7-9(2)8-13(10)11/h3,9,13H,4-8H2,1-2H3. The van der Waals surface area contributed by atoms with Crippen LogP contribution in [0.3, 0.4) is 0 Å². The van der Waals surface area contributed by atoms with Gasteiger partial charge < -0.3 is 4.74 Å². The summed E-state index contributed by atoms with van der Waals surface area (Å²) in [5, 5.41) is 0. The quantitative estimate of drug-likeness (QED) is 0.481. The third-order valence-corrected chi connectivity index (χ3v) is 2.57. The van der Waals surface area contributed by atoms with Crippen molar-refractivity contribution in [2.45, 2.75) is 26.7 Å². The lowest BCUT2D eigenvalue weighted by molar-refractivity contribution is 0.109. The predicted molar refractivity (Wildman–Crippen MR) is 54.4 cm³/mol. The van der Waals surface area contributed by atoms with Crippen LogP contribution < -0.4 is 0 Å². The highest BCUT2D eigenvalue weighted by Crippen LogP contribution is 1.98. The molecule has 0 amide bonds. The molecule has 0 aliphatic rings. The van der Waals surface area contributed by atoms with Gasteiger partial charge in [0.05, 0.1) is 12.4 Å². The van der Waals surface area contributed by atoms with Gasteiger partial charge in [0.2, 0.25) is 0 Å². The van der Waals surface area contributed by atoms with E-state index in [0.29, 0.717) is 6.61 Å². The van der Waals surface area contributed by atoms with Gasteiger partial charge in [0.15, 0.2) is 0 Å². The maximum Gasteiger partial charge on any atom is 0.140 e. The summed E-state index contributed by atoms with van der Waals surface area (Å²) < 4.78 is 26.0. The molecule has 1 unspecified atom stereocenters. The minimum atomic E-state index is -2.25. The van der Waals surface area contributed by atoms with E-state index in [1.165, 1.54) is 0 Å². The smallest absolute Gasteiger partial charge is 0.140 e. The number of ether oxygens (including phenoxy) is 1. The molecule has 0 spiro atoms. The lowest BCUT2D eigenvalue weighted by Gasteiger charge is -2.07. The highest BCUT2D eigenvalue weighted by molar-refractivity contribution is 7.72. The number of unbranched alkanes of at least 4 members (excludes halogenated alkanes) is 2. The molecule has 13 heavy (non-hydrogen) atoms. The maximum atomic E-state index is 10.3. The second-order valence-electron chi connectivity index (χ2n) is 3.25. The van der Waals surface area contributed by atoms with Crippen molar-refractivity contribution in [3.05, 3.63) is 6.42 Å². The highest BCUT2D eigenvalue weighted by atomic mass is 32.2. The highest BCUT2D eigenvalue weighted by Gasteiger charge is 2.02. The minimum Gasteiger partial charge on any atom is -0.381 e. The summed E-state index contributed by atoms with van der Waals surface area (Å²) >= 11 is 0. The van der Waals surface area contributed by atoms with Crippen molar-refractivity contribution in [3.8, 4) is 0 Å². The van der Waals surface area contributed by atoms with Gasteiger partial charge in [0, 0.05) is 6.61 Å². The van der Waals surface area contributed by atoms with Crippen molar-refractivity contribution in [3.63, 3.8) is 0 Å². The molecular weight excluding hydrogens is 188 g/mol. The van der Waals surface area contributed by atoms with Crippen molar-refractivity contribution in [1.29, 1.82) is 0 Å². The Balaban J connectivity index is 3.21. The molecule has 1 atom stereocenters. The van der Waals surface area contributed by atoms with E-state index < -0.39 is 10.7 Å². The van der Waals surface area contributed by atoms with Crippen LogP contribution >= 0.6 is 0 Å². The summed E-state index contributed by atoms with van der Waals surface area (Å²) in [6.45, 7) is 5.18. The molecule has 0 saturated carbocycles. The first-order chi connectivity index (χ1) is 6.16. The van der Waals surface area contributed by atoms with Crippen LogP contribution in [-0.4, -0.2) is 27.4 Å². The number of hydrogen-bond donors (Lipinski definition) is 1. The van der Waals surface area contributed by atoms with Crippen LogP contribution in [0.25, 0.3) is 0 Å². The Kier molecular flexibility index (Phi) is 8.45. The zero-order chi connectivity index (χ0) is 10.1. The predicted octanol–water partition coefficient (Wildman–Crippen LogP) is 1.25. The van der Waals surface area contributed by atoms with Gasteiger partial charge in [-0.1, -0.05) is 13.8 Å². The Labute approximate surface area is 82.4 Å². The topological polar surface area (TPSA) is 43.4 Å². The van der Waals surface area contributed by atoms with Crippen molar-refractivity contribution in [2.24, 2.45) is 5.92 Å². The molecule has 0 fully saturated rings. The molecule has 4 heteroatoms. The van der Waals surface area contributed by atoms with Gasteiger partial charge in [-0.2, -0.15) is 0 Å². The number of rotatable bonds is 8. The van der Waals surface area contributed by atoms with Crippen molar-refractivity contribution in [2.75, 3.05) is 19.0 Å². The van der Waals surface area contributed by atoms with Crippen LogP contribution in [0.4, 0.5) is 0 Å². The Morgan fingerprint density at radius 1 is 1.46 bits per heavy atom. The fourth-order valence-corrected chi connectivity index (χ4v) is 1.60. The Morgan fingerprint density at radius 2 is 2.15 bits per heavy atom. The molecular formula is C9H19O3S. The molecule has 0 bridgehead atoms. The molecule has 0 saturated heterocycles. The summed E-state index contributed by atoms with van der Waals surface area (Å²) in [7, 11) is -2.25. The van der Waals surface area contributed by atoms with Crippen molar-refractivity contribution < 1.29 is 13.2 Å². The number of hydrogen-bond acceptors (Lipinski definition) is 3. The fraction of sp³-hybridized carbons (Fsp3) is 0.889. The van der Waals surface area contributed by atoms with Crippen molar-refractivity contribution in [1.82, 2.24) is 0 Å². The molecule has 0 rings (SSSR count). The van der Waals surface area contributed by atoms with Crippen LogP contribution in [0.1, 0.15) is 26.7 Å². The molecule has 0 aromatic heterocycles. The van der Waals surface area contributed by atoms with Gasteiger partial charge >= 0.3 is 0 Å². The van der Waals surface area contributed by atoms with E-state index in [9.17, 15) is 8.42 Å². The molecule has 0 aromatic rings. The average molecular weight is 207 g/mol. The van der Waals surface area contributed by atoms with E-state index in [0.717, 1.165) is 19.4 Å². The molecule has 0 aromatic carbocycles. The van der Waals surface area contributed by atoms with Crippen LogP contribution in [-0.2, 0) is 15.4 Å². The van der Waals surface area contributed by atoms with Gasteiger partial charge in [-0.05, 0) is 25.2 Å². The molecule has 0 N–H and O–H groups in total. The number of thiol groups is 1. The first-order valence-corrected chi connectivity index (χ1v) is 6.00. The van der Waals surface area contributed by atoms with Gasteiger partial charge in [-0.25, -0.2) is 8.42 Å². The first kappa shape index (κ1) is 12.9. The molecule has 0 aliphatic heterocycles. The van der Waals surface area contributed by atoms with E-state index in [1.54, 1.807) is 0 Å². The second kappa shape index (κ2) is 8.51. The Morgan fingerprint density at radius 3 is 2.69 bits per heavy atom. The van der Waals surface area contributed by atoms with E-state index >= 15 is 0 Å². The first-order valence-electron chi connectivity index (χ1n) is 4.64. The lowest BCUT2D eigenvalue weighted by atomic mass is 10.2. The monoisotopic (exact) mass is 207 g/mol. The molecule has 79 valence electrons. The van der Waals surface area contributed by atoms with E-state index in [-0.39, 0.29) is 11.7 Å². The summed E-state index contributed by atoms with van der Waals surface area (Å²) in [4.78, 5) is 0. The third-order valence-electron chi connectivity index (χ3n) is 1.64. The normalized spacial score (nSPS) is 13.5. The second-order valence-corrected chi connectivity index (χ2v) is 4.28. The van der Waals surface area contributed by atoms with Gasteiger partial charge in [0.1, 0.15) is 10.7 Å². The summed E-state index contributed by atoms with van der Waals surface area (Å²) in [5.74, 6) is 0.349. The zero-order valence-corrected chi connectivity index (χ0v) is 9.26. The molecule has 0 heterocycles. The average Bonchev–Trinajstić information content (AvgIpc) is 2.02. The van der Waals surface area contributed by atoms with Crippen LogP contribution in [0.5, 0.6) is 0 Å². The fourth-order valence-electron chi connectivity index (χ4n) is 0.981. The summed E-state index contributed by atoms with van der Waals surface area (Å²) in [6, 6.07) is 0. The largest absolute Gasteiger partial charge is 0.381 e. The summed E-state index contributed by atoms with van der Waals surface area (Å²) in [5.41, 5.74) is 0. The Hall–Kier alpha value is -0.0900. The van der Waals surface area contributed by atoms with Crippen molar-refractivity contribution >= 4 is 10.7 Å². The van der Waals surface area contributed by atoms with Gasteiger partial charge in [-0.15, -0.1) is 0 Å². The van der Waals surface area contributed by atoms with E-state index in [4.69, 9.17) is 4.74 Å². The van der Waals surface area contributed by atoms with E-state index in [2.05, 4.69) is 6.42 Å². The van der Waals surface area contributed by atoms with Crippen LogP contribution in [0, 0.1) is 12.3 Å². The van der Waals surface area contributed by atoms with Crippen LogP contribution in [0.2, 0.25) is 0 Å². The summed E-state index contributed by atoms with van der Waals surface area (Å²) in [6.07, 6.45) is 4.18.